The third-order valence-corrected chi connectivity index (χ3v) is 3.50. The Kier molecular flexibility index (Phi) is 3.79. The van der Waals surface area contributed by atoms with Gasteiger partial charge < -0.3 is 14.4 Å². The van der Waals surface area contributed by atoms with Crippen molar-refractivity contribution in [3.63, 3.8) is 0 Å². The van der Waals surface area contributed by atoms with Gasteiger partial charge in [0.05, 0.1) is 19.0 Å². The summed E-state index contributed by atoms with van der Waals surface area (Å²) in [6, 6.07) is 5.20. The molecule has 0 amide bonds. The van der Waals surface area contributed by atoms with Crippen LogP contribution in [-0.4, -0.2) is 22.8 Å². The number of aryl methyl sites for hydroxylation is 1. The summed E-state index contributed by atoms with van der Waals surface area (Å²) < 4.78 is 7.13. The molecule has 0 atom stereocenters. The number of aliphatic carboxylic acids is 1. The zero-order valence-electron chi connectivity index (χ0n) is 11.8. The first kappa shape index (κ1) is 14.1. The van der Waals surface area contributed by atoms with Gasteiger partial charge in [-0.3, -0.25) is 9.59 Å². The Hall–Kier alpha value is -2.30. The molecule has 106 valence electrons. The van der Waals surface area contributed by atoms with Crippen LogP contribution < -0.4 is 10.2 Å². The van der Waals surface area contributed by atoms with Gasteiger partial charge in [-0.2, -0.15) is 0 Å². The predicted octanol–water partition coefficient (Wildman–Crippen LogP) is 1.97. The third kappa shape index (κ3) is 2.27. The summed E-state index contributed by atoms with van der Waals surface area (Å²) in [7, 11) is 1.57. The average molecular weight is 275 g/mol. The van der Waals surface area contributed by atoms with Crippen LogP contribution in [0.2, 0.25) is 0 Å². The van der Waals surface area contributed by atoms with Gasteiger partial charge in [-0.1, -0.05) is 0 Å². The van der Waals surface area contributed by atoms with Crippen molar-refractivity contribution in [1.29, 1.82) is 0 Å². The van der Waals surface area contributed by atoms with E-state index >= 15 is 0 Å². The number of aromatic nitrogens is 1. The van der Waals surface area contributed by atoms with Crippen LogP contribution in [0.15, 0.2) is 23.0 Å². The molecule has 1 aromatic carbocycles. The van der Waals surface area contributed by atoms with E-state index in [1.165, 1.54) is 0 Å². The fourth-order valence-electron chi connectivity index (χ4n) is 2.49. The molecule has 2 aromatic rings. The Labute approximate surface area is 116 Å². The molecule has 5 nitrogen and oxygen atoms in total. The third-order valence-electron chi connectivity index (χ3n) is 3.50. The summed E-state index contributed by atoms with van der Waals surface area (Å²) in [6.45, 7) is 4.39. The van der Waals surface area contributed by atoms with Crippen molar-refractivity contribution in [2.75, 3.05) is 7.11 Å². The van der Waals surface area contributed by atoms with Gasteiger partial charge in [0.2, 0.25) is 0 Å². The van der Waals surface area contributed by atoms with Gasteiger partial charge >= 0.3 is 5.97 Å². The number of ether oxygens (including phenoxy) is 1. The Morgan fingerprint density at radius 2 is 2.10 bits per heavy atom. The lowest BCUT2D eigenvalue weighted by Gasteiger charge is -2.16. The van der Waals surface area contributed by atoms with Crippen LogP contribution in [0.5, 0.6) is 5.75 Å². The van der Waals surface area contributed by atoms with Gasteiger partial charge in [0.15, 0.2) is 5.43 Å². The van der Waals surface area contributed by atoms with E-state index in [1.54, 1.807) is 32.2 Å². The van der Waals surface area contributed by atoms with Crippen LogP contribution in [0.3, 0.4) is 0 Å². The van der Waals surface area contributed by atoms with Gasteiger partial charge in [0.25, 0.3) is 0 Å². The Morgan fingerprint density at radius 1 is 1.40 bits per heavy atom. The van der Waals surface area contributed by atoms with Crippen molar-refractivity contribution in [2.45, 2.75) is 26.8 Å². The summed E-state index contributed by atoms with van der Waals surface area (Å²) >= 11 is 0. The predicted molar refractivity (Wildman–Crippen MR) is 76.5 cm³/mol. The number of benzene rings is 1. The molecule has 0 fully saturated rings. The molecule has 2 rings (SSSR count). The fraction of sp³-hybridized carbons (Fsp3) is 0.333. The molecule has 0 aliphatic carbocycles. The van der Waals surface area contributed by atoms with Gasteiger partial charge in [0, 0.05) is 29.3 Å². The van der Waals surface area contributed by atoms with Crippen molar-refractivity contribution in [3.05, 3.63) is 39.7 Å². The highest BCUT2D eigenvalue weighted by atomic mass is 16.5. The van der Waals surface area contributed by atoms with Crippen LogP contribution in [0.4, 0.5) is 0 Å². The standard InChI is InChI=1S/C15H17NO4/c1-4-16-9(2)12(8-14(17)18)15(19)11-6-5-10(20-3)7-13(11)16/h5-7H,4,8H2,1-3H3,(H,17,18). The lowest BCUT2D eigenvalue weighted by molar-refractivity contribution is -0.136. The number of pyridine rings is 1. The van der Waals surface area contributed by atoms with E-state index in [-0.39, 0.29) is 11.8 Å². The van der Waals surface area contributed by atoms with E-state index in [0.29, 0.717) is 28.9 Å². The van der Waals surface area contributed by atoms with E-state index in [4.69, 9.17) is 9.84 Å². The second kappa shape index (κ2) is 5.36. The number of nitrogens with zero attached hydrogens (tertiary/aromatic N) is 1. The normalized spacial score (nSPS) is 10.8. The zero-order valence-corrected chi connectivity index (χ0v) is 11.8. The molecule has 20 heavy (non-hydrogen) atoms. The first-order valence-electron chi connectivity index (χ1n) is 6.41. The van der Waals surface area contributed by atoms with E-state index in [2.05, 4.69) is 0 Å². The highest BCUT2D eigenvalue weighted by molar-refractivity contribution is 5.83. The topological polar surface area (TPSA) is 68.5 Å². The summed E-state index contributed by atoms with van der Waals surface area (Å²) in [5.74, 6) is -0.329. The Balaban J connectivity index is 2.86. The number of hydrogen-bond acceptors (Lipinski definition) is 3. The lowest BCUT2D eigenvalue weighted by atomic mass is 10.0. The molecule has 1 heterocycles. The van der Waals surface area contributed by atoms with Crippen LogP contribution in [0.1, 0.15) is 18.2 Å². The molecule has 0 radical (unpaired) electrons. The summed E-state index contributed by atoms with van der Waals surface area (Å²) in [5, 5.41) is 9.49. The molecular weight excluding hydrogens is 258 g/mol. The monoisotopic (exact) mass is 275 g/mol. The number of carboxylic acid groups (broad SMARTS) is 1. The smallest absolute Gasteiger partial charge is 0.308 e. The molecule has 0 bridgehead atoms. The Bertz CT molecular complexity index is 731. The number of fused-ring (bicyclic) bond motifs is 1. The van der Waals surface area contributed by atoms with Gasteiger partial charge in [-0.25, -0.2) is 0 Å². The Morgan fingerprint density at radius 3 is 2.65 bits per heavy atom. The molecule has 0 saturated heterocycles. The summed E-state index contributed by atoms with van der Waals surface area (Å²) in [6.07, 6.45) is -0.257. The van der Waals surface area contributed by atoms with Crippen LogP contribution in [0.25, 0.3) is 10.9 Å². The molecule has 1 N–H and O–H groups in total. The average Bonchev–Trinajstić information content (AvgIpc) is 2.43. The number of carbonyl (C=O) groups is 1. The maximum atomic E-state index is 12.4. The molecule has 0 unspecified atom stereocenters. The number of carboxylic acids is 1. The van der Waals surface area contributed by atoms with Gasteiger partial charge in [-0.05, 0) is 26.0 Å². The lowest BCUT2D eigenvalue weighted by Crippen LogP contribution is -2.21. The van der Waals surface area contributed by atoms with Crippen molar-refractivity contribution in [2.24, 2.45) is 0 Å². The van der Waals surface area contributed by atoms with E-state index < -0.39 is 5.97 Å². The maximum absolute atomic E-state index is 12.4. The van der Waals surface area contributed by atoms with Crippen molar-refractivity contribution in [1.82, 2.24) is 4.57 Å². The second-order valence-corrected chi connectivity index (χ2v) is 4.59. The highest BCUT2D eigenvalue weighted by Crippen LogP contribution is 2.21. The first-order chi connectivity index (χ1) is 9.49. The second-order valence-electron chi connectivity index (χ2n) is 4.59. The summed E-state index contributed by atoms with van der Waals surface area (Å²) in [5.41, 5.74) is 1.59. The maximum Gasteiger partial charge on any atom is 0.308 e. The van der Waals surface area contributed by atoms with E-state index in [9.17, 15) is 9.59 Å². The minimum Gasteiger partial charge on any atom is -0.497 e. The molecule has 1 aromatic heterocycles. The number of hydrogen-bond donors (Lipinski definition) is 1. The molecular formula is C15H17NO4. The minimum absolute atomic E-state index is 0.216. The SMILES string of the molecule is CCn1c(C)c(CC(=O)O)c(=O)c2ccc(OC)cc21. The quantitative estimate of drug-likeness (QED) is 0.926. The molecule has 5 heteroatoms. The van der Waals surface area contributed by atoms with Gasteiger partial charge in [0.1, 0.15) is 5.75 Å². The summed E-state index contributed by atoms with van der Waals surface area (Å²) in [4.78, 5) is 23.4. The van der Waals surface area contributed by atoms with Crippen LogP contribution in [0, 0.1) is 6.92 Å². The first-order valence-corrected chi connectivity index (χ1v) is 6.41. The highest BCUT2D eigenvalue weighted by Gasteiger charge is 2.16. The van der Waals surface area contributed by atoms with E-state index in [0.717, 1.165) is 5.52 Å². The largest absolute Gasteiger partial charge is 0.497 e. The van der Waals surface area contributed by atoms with Crippen molar-refractivity contribution in [3.8, 4) is 5.75 Å². The minimum atomic E-state index is -0.999. The number of rotatable bonds is 4. The molecule has 0 spiro atoms. The van der Waals surface area contributed by atoms with Crippen LogP contribution in [-0.2, 0) is 17.8 Å². The number of methoxy groups -OCH3 is 1. The molecule has 0 aliphatic heterocycles. The van der Waals surface area contributed by atoms with Crippen LogP contribution >= 0.6 is 0 Å². The van der Waals surface area contributed by atoms with E-state index in [1.807, 2.05) is 11.5 Å². The molecule has 0 saturated carbocycles. The molecule has 0 aliphatic rings. The van der Waals surface area contributed by atoms with Crippen molar-refractivity contribution < 1.29 is 14.6 Å². The van der Waals surface area contributed by atoms with Crippen molar-refractivity contribution >= 4 is 16.9 Å². The van der Waals surface area contributed by atoms with Gasteiger partial charge in [-0.15, -0.1) is 0 Å². The zero-order chi connectivity index (χ0) is 14.9. The fourth-order valence-corrected chi connectivity index (χ4v) is 2.49.